The van der Waals surface area contributed by atoms with Gasteiger partial charge in [-0.3, -0.25) is 5.32 Å². The molecule has 1 aliphatic rings. The van der Waals surface area contributed by atoms with E-state index < -0.39 is 0 Å². The van der Waals surface area contributed by atoms with Crippen molar-refractivity contribution < 1.29 is 4.42 Å². The van der Waals surface area contributed by atoms with Crippen LogP contribution in [0.2, 0.25) is 5.02 Å². The summed E-state index contributed by atoms with van der Waals surface area (Å²) in [5.41, 5.74) is 0.861. The summed E-state index contributed by atoms with van der Waals surface area (Å²) in [5, 5.41) is 9.62. The van der Waals surface area contributed by atoms with Crippen molar-refractivity contribution in [2.75, 3.05) is 0 Å². The van der Waals surface area contributed by atoms with E-state index >= 15 is 0 Å². The number of aromatic nitrogens is 3. The molecule has 1 aliphatic heterocycles. The number of halogens is 1. The third-order valence-electron chi connectivity index (χ3n) is 4.20. The normalized spacial score (nSPS) is 19.3. The highest BCUT2D eigenvalue weighted by molar-refractivity contribution is 6.31. The van der Waals surface area contributed by atoms with Gasteiger partial charge < -0.3 is 4.42 Å². The summed E-state index contributed by atoms with van der Waals surface area (Å²) in [7, 11) is 0. The van der Waals surface area contributed by atoms with Crippen molar-refractivity contribution in [1.29, 1.82) is 0 Å². The number of nitrogens with zero attached hydrogens (tertiary/aromatic N) is 3. The van der Waals surface area contributed by atoms with Gasteiger partial charge in [-0.15, -0.1) is 0 Å². The third kappa shape index (κ3) is 2.40. The standard InChI is InChI=1S/C16H17ClN4O/c1-10(15-8-11-7-12(17)4-5-14(11)22-15)20-13-3-2-6-21-16(13)18-9-19-21/h4-5,7-10,13,20H,2-3,6H2,1H3/t10-,13+/m0/s1. The van der Waals surface area contributed by atoms with Crippen molar-refractivity contribution >= 4 is 22.6 Å². The average Bonchev–Trinajstić information content (AvgIpc) is 3.13. The largest absolute Gasteiger partial charge is 0.459 e. The van der Waals surface area contributed by atoms with Crippen LogP contribution in [0.4, 0.5) is 0 Å². The van der Waals surface area contributed by atoms with E-state index in [-0.39, 0.29) is 12.1 Å². The van der Waals surface area contributed by atoms with Crippen LogP contribution in [0.3, 0.4) is 0 Å². The van der Waals surface area contributed by atoms with Gasteiger partial charge >= 0.3 is 0 Å². The van der Waals surface area contributed by atoms with Crippen LogP contribution in [0, 0.1) is 0 Å². The Morgan fingerprint density at radius 2 is 2.32 bits per heavy atom. The summed E-state index contributed by atoms with van der Waals surface area (Å²) in [6, 6.07) is 8.03. The number of benzene rings is 1. The molecular formula is C16H17ClN4O. The lowest BCUT2D eigenvalue weighted by atomic mass is 10.1. The predicted molar refractivity (Wildman–Crippen MR) is 84.8 cm³/mol. The Hall–Kier alpha value is -1.85. The molecule has 0 saturated heterocycles. The van der Waals surface area contributed by atoms with Gasteiger partial charge in [-0.05, 0) is 44.0 Å². The summed E-state index contributed by atoms with van der Waals surface area (Å²) in [6.07, 6.45) is 3.80. The lowest BCUT2D eigenvalue weighted by molar-refractivity contribution is 0.326. The average molecular weight is 317 g/mol. The summed E-state index contributed by atoms with van der Waals surface area (Å²) in [5.74, 6) is 1.92. The van der Waals surface area contributed by atoms with Gasteiger partial charge in [0.1, 0.15) is 23.5 Å². The minimum Gasteiger partial charge on any atom is -0.459 e. The van der Waals surface area contributed by atoms with Crippen LogP contribution < -0.4 is 5.32 Å². The molecule has 0 amide bonds. The van der Waals surface area contributed by atoms with Crippen molar-refractivity contribution in [1.82, 2.24) is 20.1 Å². The van der Waals surface area contributed by atoms with Crippen molar-refractivity contribution in [3.8, 4) is 0 Å². The van der Waals surface area contributed by atoms with Crippen LogP contribution in [0.1, 0.15) is 43.4 Å². The first kappa shape index (κ1) is 13.8. The summed E-state index contributed by atoms with van der Waals surface area (Å²) in [6.45, 7) is 3.06. The van der Waals surface area contributed by atoms with Gasteiger partial charge in [-0.25, -0.2) is 9.67 Å². The zero-order valence-corrected chi connectivity index (χ0v) is 13.0. The molecule has 0 aliphatic carbocycles. The molecule has 6 heteroatoms. The van der Waals surface area contributed by atoms with Gasteiger partial charge in [0.15, 0.2) is 0 Å². The van der Waals surface area contributed by atoms with Gasteiger partial charge in [0.25, 0.3) is 0 Å². The second-order valence-corrected chi connectivity index (χ2v) is 6.19. The van der Waals surface area contributed by atoms with Crippen molar-refractivity contribution in [2.45, 2.75) is 38.4 Å². The van der Waals surface area contributed by atoms with Crippen LogP contribution in [-0.4, -0.2) is 14.8 Å². The first-order chi connectivity index (χ1) is 10.7. The number of furan rings is 1. The highest BCUT2D eigenvalue weighted by Crippen LogP contribution is 2.29. The van der Waals surface area contributed by atoms with Gasteiger partial charge in [-0.2, -0.15) is 5.10 Å². The van der Waals surface area contributed by atoms with E-state index in [1.807, 2.05) is 28.9 Å². The molecule has 1 N–H and O–H groups in total. The second-order valence-electron chi connectivity index (χ2n) is 5.76. The Morgan fingerprint density at radius 3 is 3.23 bits per heavy atom. The Balaban J connectivity index is 1.58. The lowest BCUT2D eigenvalue weighted by Crippen LogP contribution is -2.30. The molecule has 0 radical (unpaired) electrons. The molecule has 3 aromatic rings. The lowest BCUT2D eigenvalue weighted by Gasteiger charge is -2.25. The van der Waals surface area contributed by atoms with Crippen LogP contribution >= 0.6 is 11.6 Å². The maximum atomic E-state index is 6.03. The molecule has 0 unspecified atom stereocenters. The molecule has 0 fully saturated rings. The van der Waals surface area contributed by atoms with Gasteiger partial charge in [0.2, 0.25) is 0 Å². The van der Waals surface area contributed by atoms with E-state index in [9.17, 15) is 0 Å². The quantitative estimate of drug-likeness (QED) is 0.797. The van der Waals surface area contributed by atoms with Crippen LogP contribution in [0.5, 0.6) is 0 Å². The number of hydrogen-bond acceptors (Lipinski definition) is 4. The second kappa shape index (κ2) is 5.41. The Morgan fingerprint density at radius 1 is 1.41 bits per heavy atom. The fourth-order valence-corrected chi connectivity index (χ4v) is 3.26. The molecule has 0 bridgehead atoms. The van der Waals surface area contributed by atoms with Crippen molar-refractivity contribution in [2.24, 2.45) is 0 Å². The van der Waals surface area contributed by atoms with Crippen LogP contribution in [0.15, 0.2) is 35.0 Å². The SMILES string of the molecule is C[C@H](N[C@@H]1CCCn2ncnc21)c1cc2cc(Cl)ccc2o1. The third-order valence-corrected chi connectivity index (χ3v) is 4.43. The maximum absolute atomic E-state index is 6.03. The molecule has 22 heavy (non-hydrogen) atoms. The number of fused-ring (bicyclic) bond motifs is 2. The molecule has 2 aromatic heterocycles. The van der Waals surface area contributed by atoms with E-state index in [1.165, 1.54) is 0 Å². The minimum absolute atomic E-state index is 0.0967. The van der Waals surface area contributed by atoms with E-state index in [1.54, 1.807) is 6.33 Å². The molecule has 4 rings (SSSR count). The molecule has 2 atom stereocenters. The monoisotopic (exact) mass is 316 g/mol. The Kier molecular flexibility index (Phi) is 3.39. The minimum atomic E-state index is 0.0967. The van der Waals surface area contributed by atoms with E-state index in [0.717, 1.165) is 47.0 Å². The molecule has 0 saturated carbocycles. The van der Waals surface area contributed by atoms with Crippen molar-refractivity contribution in [3.63, 3.8) is 0 Å². The van der Waals surface area contributed by atoms with E-state index in [2.05, 4.69) is 22.3 Å². The molecule has 0 spiro atoms. The first-order valence-corrected chi connectivity index (χ1v) is 7.91. The van der Waals surface area contributed by atoms with Crippen LogP contribution in [-0.2, 0) is 6.54 Å². The fourth-order valence-electron chi connectivity index (χ4n) is 3.08. The first-order valence-electron chi connectivity index (χ1n) is 7.53. The fraction of sp³-hybridized carbons (Fsp3) is 0.375. The van der Waals surface area contributed by atoms with Gasteiger partial charge in [0, 0.05) is 17.0 Å². The number of hydrogen-bond donors (Lipinski definition) is 1. The molecule has 114 valence electrons. The number of nitrogens with one attached hydrogen (secondary N) is 1. The van der Waals surface area contributed by atoms with Crippen molar-refractivity contribution in [3.05, 3.63) is 47.2 Å². The predicted octanol–water partition coefficient (Wildman–Crippen LogP) is 3.86. The Bertz CT molecular complexity index is 809. The maximum Gasteiger partial charge on any atom is 0.143 e. The number of aryl methyl sites for hydroxylation is 1. The zero-order valence-electron chi connectivity index (χ0n) is 12.3. The number of rotatable bonds is 3. The summed E-state index contributed by atoms with van der Waals surface area (Å²) >= 11 is 6.03. The topological polar surface area (TPSA) is 55.9 Å². The van der Waals surface area contributed by atoms with Crippen LogP contribution in [0.25, 0.3) is 11.0 Å². The van der Waals surface area contributed by atoms with Gasteiger partial charge in [0.05, 0.1) is 12.1 Å². The van der Waals surface area contributed by atoms with E-state index in [0.29, 0.717) is 0 Å². The zero-order chi connectivity index (χ0) is 15.1. The highest BCUT2D eigenvalue weighted by Gasteiger charge is 2.25. The van der Waals surface area contributed by atoms with E-state index in [4.69, 9.17) is 16.0 Å². The molecule has 5 nitrogen and oxygen atoms in total. The molecule has 1 aromatic carbocycles. The molecule has 3 heterocycles. The van der Waals surface area contributed by atoms with Gasteiger partial charge in [-0.1, -0.05) is 11.6 Å². The Labute approximate surface area is 133 Å². The summed E-state index contributed by atoms with van der Waals surface area (Å²) < 4.78 is 7.91. The molecular weight excluding hydrogens is 300 g/mol. The highest BCUT2D eigenvalue weighted by atomic mass is 35.5. The summed E-state index contributed by atoms with van der Waals surface area (Å²) in [4.78, 5) is 4.38. The smallest absolute Gasteiger partial charge is 0.143 e.